The highest BCUT2D eigenvalue weighted by Crippen LogP contribution is 2.19. The van der Waals surface area contributed by atoms with Crippen LogP contribution in [0, 0.1) is 11.3 Å². The first-order chi connectivity index (χ1) is 7.69. The Hall–Kier alpha value is -2.48. The van der Waals surface area contributed by atoms with Gasteiger partial charge in [0.05, 0.1) is 5.56 Å². The molecule has 1 heterocycles. The summed E-state index contributed by atoms with van der Waals surface area (Å²) in [6, 6.07) is 9.09. The van der Waals surface area contributed by atoms with E-state index in [-0.39, 0.29) is 0 Å². The summed E-state index contributed by atoms with van der Waals surface area (Å²) in [6.45, 7) is 0. The average molecular weight is 213 g/mol. The Bertz CT molecular complexity index is 550. The van der Waals surface area contributed by atoms with Crippen LogP contribution in [-0.2, 0) is 7.05 Å². The first-order valence-electron chi connectivity index (χ1n) is 4.75. The third-order valence-electron chi connectivity index (χ3n) is 2.16. The average Bonchev–Trinajstić information content (AvgIpc) is 2.67. The monoisotopic (exact) mass is 213 g/mol. The Morgan fingerprint density at radius 1 is 1.44 bits per heavy atom. The smallest absolute Gasteiger partial charge is 0.152 e. The van der Waals surface area contributed by atoms with Crippen LogP contribution in [0.25, 0.3) is 0 Å². The van der Waals surface area contributed by atoms with Crippen LogP contribution in [0.5, 0.6) is 0 Å². The Kier molecular flexibility index (Phi) is 2.48. The molecule has 0 spiro atoms. The summed E-state index contributed by atoms with van der Waals surface area (Å²) >= 11 is 0. The molecule has 1 aromatic carbocycles. The Balaban J connectivity index is 2.26. The minimum atomic E-state index is 0.459. The molecule has 3 N–H and O–H groups in total. The van der Waals surface area contributed by atoms with E-state index >= 15 is 0 Å². The molecular formula is C11H11N5. The number of anilines is 3. The summed E-state index contributed by atoms with van der Waals surface area (Å²) in [5.74, 6) is 0.733. The molecule has 2 rings (SSSR count). The van der Waals surface area contributed by atoms with E-state index in [9.17, 15) is 0 Å². The highest BCUT2D eigenvalue weighted by atomic mass is 15.3. The van der Waals surface area contributed by atoms with Gasteiger partial charge < -0.3 is 11.1 Å². The van der Waals surface area contributed by atoms with Gasteiger partial charge in [0.15, 0.2) is 5.82 Å². The lowest BCUT2D eigenvalue weighted by Gasteiger charge is -2.04. The molecule has 0 bridgehead atoms. The highest BCUT2D eigenvalue weighted by molar-refractivity contribution is 5.65. The van der Waals surface area contributed by atoms with Gasteiger partial charge in [-0.2, -0.15) is 10.4 Å². The maximum absolute atomic E-state index is 8.84. The molecule has 0 fully saturated rings. The van der Waals surface area contributed by atoms with Gasteiger partial charge >= 0.3 is 0 Å². The third-order valence-corrected chi connectivity index (χ3v) is 2.16. The minimum Gasteiger partial charge on any atom is -0.398 e. The van der Waals surface area contributed by atoms with Crippen LogP contribution in [-0.4, -0.2) is 9.78 Å². The van der Waals surface area contributed by atoms with Crippen LogP contribution >= 0.6 is 0 Å². The van der Waals surface area contributed by atoms with Crippen molar-refractivity contribution in [3.63, 3.8) is 0 Å². The molecule has 0 radical (unpaired) electrons. The molecule has 1 aromatic heterocycles. The largest absolute Gasteiger partial charge is 0.398 e. The van der Waals surface area contributed by atoms with Gasteiger partial charge in [-0.15, -0.1) is 0 Å². The van der Waals surface area contributed by atoms with Crippen molar-refractivity contribution in [1.82, 2.24) is 9.78 Å². The fraction of sp³-hybridized carbons (Fsp3) is 0.0909. The lowest BCUT2D eigenvalue weighted by Crippen LogP contribution is -1.96. The number of hydrogen-bond acceptors (Lipinski definition) is 4. The zero-order chi connectivity index (χ0) is 11.5. The summed E-state index contributed by atoms with van der Waals surface area (Å²) < 4.78 is 1.70. The summed E-state index contributed by atoms with van der Waals surface area (Å²) in [6.07, 6.45) is 1.84. The molecule has 0 atom stereocenters. The van der Waals surface area contributed by atoms with Gasteiger partial charge in [-0.3, -0.25) is 4.68 Å². The standard InChI is InChI=1S/C11H11N5/c1-16-5-4-11(15-16)14-9-2-3-10(13)8(6-9)7-12/h2-6H,13H2,1H3,(H,14,15). The zero-order valence-electron chi connectivity index (χ0n) is 8.81. The molecule has 0 saturated carbocycles. The number of benzene rings is 1. The molecule has 5 nitrogen and oxygen atoms in total. The molecule has 80 valence electrons. The number of rotatable bonds is 2. The van der Waals surface area contributed by atoms with Gasteiger partial charge in [-0.05, 0) is 18.2 Å². The van der Waals surface area contributed by atoms with E-state index in [1.807, 2.05) is 31.4 Å². The molecule has 0 unspecified atom stereocenters. The predicted molar refractivity (Wildman–Crippen MR) is 62.1 cm³/mol. The first kappa shape index (κ1) is 10.1. The number of nitrogens with one attached hydrogen (secondary N) is 1. The van der Waals surface area contributed by atoms with E-state index in [2.05, 4.69) is 10.4 Å². The van der Waals surface area contributed by atoms with Crippen LogP contribution in [0.1, 0.15) is 5.56 Å². The summed E-state index contributed by atoms with van der Waals surface area (Å²) in [4.78, 5) is 0. The number of aromatic nitrogens is 2. The molecule has 0 aliphatic heterocycles. The molecule has 5 heteroatoms. The van der Waals surface area contributed by atoms with Crippen molar-refractivity contribution >= 4 is 17.2 Å². The van der Waals surface area contributed by atoms with E-state index in [1.165, 1.54) is 0 Å². The fourth-order valence-corrected chi connectivity index (χ4v) is 1.36. The van der Waals surface area contributed by atoms with Gasteiger partial charge in [0, 0.05) is 30.7 Å². The van der Waals surface area contributed by atoms with E-state index < -0.39 is 0 Å². The second-order valence-electron chi connectivity index (χ2n) is 3.41. The predicted octanol–water partition coefficient (Wildman–Crippen LogP) is 1.62. The van der Waals surface area contributed by atoms with Crippen LogP contribution in [0.2, 0.25) is 0 Å². The normalized spacial score (nSPS) is 9.75. The van der Waals surface area contributed by atoms with Gasteiger partial charge in [0.1, 0.15) is 6.07 Å². The van der Waals surface area contributed by atoms with Gasteiger partial charge in [-0.25, -0.2) is 0 Å². The van der Waals surface area contributed by atoms with Crippen molar-refractivity contribution < 1.29 is 0 Å². The Morgan fingerprint density at radius 3 is 2.88 bits per heavy atom. The molecule has 0 aliphatic rings. The van der Waals surface area contributed by atoms with Crippen LogP contribution in [0.3, 0.4) is 0 Å². The second-order valence-corrected chi connectivity index (χ2v) is 3.41. The van der Waals surface area contributed by atoms with Gasteiger partial charge in [0.2, 0.25) is 0 Å². The lowest BCUT2D eigenvalue weighted by molar-refractivity contribution is 0.771. The quantitative estimate of drug-likeness (QED) is 0.743. The third kappa shape index (κ3) is 1.96. The highest BCUT2D eigenvalue weighted by Gasteiger charge is 2.01. The Labute approximate surface area is 93.1 Å². The number of nitrogens with zero attached hydrogens (tertiary/aromatic N) is 3. The Morgan fingerprint density at radius 2 is 2.25 bits per heavy atom. The number of nitriles is 1. The number of nitrogen functional groups attached to an aromatic ring is 1. The topological polar surface area (TPSA) is 79.7 Å². The summed E-state index contributed by atoms with van der Waals surface area (Å²) in [5.41, 5.74) is 7.36. The molecular weight excluding hydrogens is 202 g/mol. The molecule has 0 aliphatic carbocycles. The van der Waals surface area contributed by atoms with Crippen molar-refractivity contribution in [3.8, 4) is 6.07 Å². The summed E-state index contributed by atoms with van der Waals surface area (Å²) in [5, 5.41) is 16.1. The van der Waals surface area contributed by atoms with Crippen LogP contribution in [0.15, 0.2) is 30.5 Å². The van der Waals surface area contributed by atoms with Crippen molar-refractivity contribution in [2.45, 2.75) is 0 Å². The second kappa shape index (κ2) is 3.95. The summed E-state index contributed by atoms with van der Waals surface area (Å²) in [7, 11) is 1.84. The minimum absolute atomic E-state index is 0.459. The number of hydrogen-bond donors (Lipinski definition) is 2. The molecule has 2 aromatic rings. The number of aryl methyl sites for hydroxylation is 1. The maximum Gasteiger partial charge on any atom is 0.152 e. The maximum atomic E-state index is 8.84. The SMILES string of the molecule is Cn1ccc(Nc2ccc(N)c(C#N)c2)n1. The van der Waals surface area contributed by atoms with Gasteiger partial charge in [-0.1, -0.05) is 0 Å². The molecule has 0 saturated heterocycles. The van der Waals surface area contributed by atoms with Crippen molar-refractivity contribution in [2.75, 3.05) is 11.1 Å². The van der Waals surface area contributed by atoms with Crippen molar-refractivity contribution in [2.24, 2.45) is 7.05 Å². The van der Waals surface area contributed by atoms with Crippen LogP contribution < -0.4 is 11.1 Å². The van der Waals surface area contributed by atoms with E-state index in [1.54, 1.807) is 16.8 Å². The lowest BCUT2D eigenvalue weighted by atomic mass is 10.2. The molecule has 16 heavy (non-hydrogen) atoms. The van der Waals surface area contributed by atoms with Crippen LogP contribution in [0.4, 0.5) is 17.2 Å². The van der Waals surface area contributed by atoms with E-state index in [0.717, 1.165) is 11.5 Å². The van der Waals surface area contributed by atoms with Gasteiger partial charge in [0.25, 0.3) is 0 Å². The molecule has 0 amide bonds. The first-order valence-corrected chi connectivity index (χ1v) is 4.75. The van der Waals surface area contributed by atoms with E-state index in [4.69, 9.17) is 11.0 Å². The van der Waals surface area contributed by atoms with E-state index in [0.29, 0.717) is 11.3 Å². The van der Waals surface area contributed by atoms with Crippen molar-refractivity contribution in [3.05, 3.63) is 36.0 Å². The van der Waals surface area contributed by atoms with Crippen molar-refractivity contribution in [1.29, 1.82) is 5.26 Å². The number of nitrogens with two attached hydrogens (primary N) is 1. The fourth-order valence-electron chi connectivity index (χ4n) is 1.36. The zero-order valence-corrected chi connectivity index (χ0v) is 8.81.